The molecule has 1 aliphatic heterocycles. The van der Waals surface area contributed by atoms with Crippen LogP contribution in [0.5, 0.6) is 0 Å². The Labute approximate surface area is 116 Å². The average molecular weight is 272 g/mol. The van der Waals surface area contributed by atoms with Gasteiger partial charge in [-0.15, -0.1) is 0 Å². The van der Waals surface area contributed by atoms with Crippen LogP contribution in [0.2, 0.25) is 0 Å². The summed E-state index contributed by atoms with van der Waals surface area (Å²) in [7, 11) is 0. The Hall–Kier alpha value is -0.650. The summed E-state index contributed by atoms with van der Waals surface area (Å²) in [6.07, 6.45) is 1.52. The Morgan fingerprint density at radius 2 is 2.21 bits per heavy atom. The summed E-state index contributed by atoms with van der Waals surface area (Å²) in [6, 6.07) is 0. The second-order valence-electron chi connectivity index (χ2n) is 6.12. The minimum atomic E-state index is -0.814. The second-order valence-corrected chi connectivity index (χ2v) is 6.12. The lowest BCUT2D eigenvalue weighted by Crippen LogP contribution is -2.54. The van der Waals surface area contributed by atoms with Crippen molar-refractivity contribution < 1.29 is 14.6 Å². The SMILES string of the molecule is CCNC(C)(CCCN1CCOCC1(C)C)C(=O)O. The van der Waals surface area contributed by atoms with Gasteiger partial charge in [0.15, 0.2) is 0 Å². The van der Waals surface area contributed by atoms with Crippen LogP contribution in [0.15, 0.2) is 0 Å². The van der Waals surface area contributed by atoms with Crippen LogP contribution in [0.25, 0.3) is 0 Å². The Balaban J connectivity index is 2.45. The number of carboxylic acids is 1. The normalized spacial score (nSPS) is 22.9. The summed E-state index contributed by atoms with van der Waals surface area (Å²) in [6.45, 7) is 12.1. The van der Waals surface area contributed by atoms with Gasteiger partial charge >= 0.3 is 5.97 Å². The predicted molar refractivity (Wildman–Crippen MR) is 75.4 cm³/mol. The zero-order valence-electron chi connectivity index (χ0n) is 12.7. The molecule has 1 heterocycles. The van der Waals surface area contributed by atoms with Gasteiger partial charge in [0.25, 0.3) is 0 Å². The minimum Gasteiger partial charge on any atom is -0.480 e. The largest absolute Gasteiger partial charge is 0.480 e. The van der Waals surface area contributed by atoms with Gasteiger partial charge in [-0.2, -0.15) is 0 Å². The number of nitrogens with one attached hydrogen (secondary N) is 1. The molecule has 1 aliphatic rings. The van der Waals surface area contributed by atoms with Crippen LogP contribution in [-0.4, -0.2) is 59.9 Å². The number of carbonyl (C=O) groups is 1. The van der Waals surface area contributed by atoms with E-state index in [0.29, 0.717) is 13.0 Å². The lowest BCUT2D eigenvalue weighted by molar-refractivity contribution is -0.144. The number of ether oxygens (including phenoxy) is 1. The molecule has 5 nitrogen and oxygen atoms in total. The number of hydrogen-bond acceptors (Lipinski definition) is 4. The van der Waals surface area contributed by atoms with Gasteiger partial charge in [-0.05, 0) is 46.7 Å². The number of carboxylic acid groups (broad SMARTS) is 1. The molecule has 19 heavy (non-hydrogen) atoms. The van der Waals surface area contributed by atoms with E-state index in [1.807, 2.05) is 6.92 Å². The predicted octanol–water partition coefficient (Wildman–Crippen LogP) is 1.33. The van der Waals surface area contributed by atoms with Crippen molar-refractivity contribution in [3.05, 3.63) is 0 Å². The molecule has 1 saturated heterocycles. The molecule has 0 aliphatic carbocycles. The van der Waals surface area contributed by atoms with Crippen LogP contribution < -0.4 is 5.32 Å². The van der Waals surface area contributed by atoms with Gasteiger partial charge in [0.2, 0.25) is 0 Å². The molecule has 5 heteroatoms. The van der Waals surface area contributed by atoms with E-state index in [-0.39, 0.29) is 5.54 Å². The molecule has 1 rings (SSSR count). The van der Waals surface area contributed by atoms with Crippen LogP contribution in [0.1, 0.15) is 40.5 Å². The summed E-state index contributed by atoms with van der Waals surface area (Å²) in [5, 5.41) is 12.4. The van der Waals surface area contributed by atoms with Crippen molar-refractivity contribution in [3.8, 4) is 0 Å². The molecule has 2 N–H and O–H groups in total. The zero-order chi connectivity index (χ0) is 14.5. The number of aliphatic carboxylic acids is 1. The van der Waals surface area contributed by atoms with E-state index in [1.165, 1.54) is 0 Å². The Bertz CT molecular complexity index is 307. The third-order valence-corrected chi connectivity index (χ3v) is 3.96. The highest BCUT2D eigenvalue weighted by Gasteiger charge is 2.33. The Morgan fingerprint density at radius 1 is 1.53 bits per heavy atom. The monoisotopic (exact) mass is 272 g/mol. The highest BCUT2D eigenvalue weighted by molar-refractivity contribution is 5.78. The van der Waals surface area contributed by atoms with Crippen molar-refractivity contribution in [2.75, 3.05) is 32.8 Å². The molecule has 1 atom stereocenters. The van der Waals surface area contributed by atoms with E-state index in [2.05, 4.69) is 24.1 Å². The molecular weight excluding hydrogens is 244 g/mol. The number of rotatable bonds is 7. The molecular formula is C14H28N2O3. The smallest absolute Gasteiger partial charge is 0.323 e. The molecule has 0 spiro atoms. The topological polar surface area (TPSA) is 61.8 Å². The number of likely N-dealkylation sites (N-methyl/N-ethyl adjacent to an activating group) is 1. The van der Waals surface area contributed by atoms with E-state index < -0.39 is 11.5 Å². The molecule has 0 aromatic heterocycles. The maximum atomic E-state index is 11.3. The standard InChI is InChI=1S/C14H28N2O3/c1-5-15-14(4,12(17)18)7-6-8-16-9-10-19-11-13(16,2)3/h15H,5-11H2,1-4H3,(H,17,18). The van der Waals surface area contributed by atoms with Crippen molar-refractivity contribution in [2.45, 2.75) is 51.6 Å². The number of morpholine rings is 1. The molecule has 0 radical (unpaired) electrons. The van der Waals surface area contributed by atoms with Gasteiger partial charge in [0, 0.05) is 12.1 Å². The van der Waals surface area contributed by atoms with Crippen LogP contribution in [0.3, 0.4) is 0 Å². The Kier molecular flexibility index (Phi) is 5.77. The maximum absolute atomic E-state index is 11.3. The van der Waals surface area contributed by atoms with E-state index in [1.54, 1.807) is 6.92 Å². The van der Waals surface area contributed by atoms with Gasteiger partial charge in [0.05, 0.1) is 13.2 Å². The van der Waals surface area contributed by atoms with Crippen molar-refractivity contribution >= 4 is 5.97 Å². The van der Waals surface area contributed by atoms with Crippen LogP contribution in [0.4, 0.5) is 0 Å². The van der Waals surface area contributed by atoms with Crippen molar-refractivity contribution in [1.29, 1.82) is 0 Å². The second kappa shape index (κ2) is 6.68. The summed E-state index contributed by atoms with van der Waals surface area (Å²) < 4.78 is 5.49. The van der Waals surface area contributed by atoms with Crippen molar-refractivity contribution in [2.24, 2.45) is 0 Å². The van der Waals surface area contributed by atoms with Gasteiger partial charge in [-0.1, -0.05) is 6.92 Å². The first-order valence-electron chi connectivity index (χ1n) is 7.13. The highest BCUT2D eigenvalue weighted by atomic mass is 16.5. The Morgan fingerprint density at radius 3 is 2.74 bits per heavy atom. The molecule has 0 bridgehead atoms. The number of hydrogen-bond donors (Lipinski definition) is 2. The van der Waals surface area contributed by atoms with E-state index in [9.17, 15) is 9.90 Å². The summed E-state index contributed by atoms with van der Waals surface area (Å²) >= 11 is 0. The quantitative estimate of drug-likeness (QED) is 0.732. The molecule has 0 aromatic rings. The molecule has 0 saturated carbocycles. The molecule has 0 aromatic carbocycles. The first kappa shape index (κ1) is 16.4. The number of nitrogens with zero attached hydrogens (tertiary/aromatic N) is 1. The molecule has 1 fully saturated rings. The van der Waals surface area contributed by atoms with Gasteiger partial charge < -0.3 is 15.2 Å². The molecule has 0 amide bonds. The van der Waals surface area contributed by atoms with Gasteiger partial charge in [-0.3, -0.25) is 9.69 Å². The summed E-state index contributed by atoms with van der Waals surface area (Å²) in [4.78, 5) is 13.7. The zero-order valence-corrected chi connectivity index (χ0v) is 12.7. The van der Waals surface area contributed by atoms with Crippen molar-refractivity contribution in [3.63, 3.8) is 0 Å². The van der Waals surface area contributed by atoms with Crippen LogP contribution >= 0.6 is 0 Å². The minimum absolute atomic E-state index is 0.0516. The molecule has 112 valence electrons. The first-order valence-corrected chi connectivity index (χ1v) is 7.13. The first-order chi connectivity index (χ1) is 8.82. The third-order valence-electron chi connectivity index (χ3n) is 3.96. The van der Waals surface area contributed by atoms with E-state index in [0.717, 1.165) is 32.7 Å². The summed E-state index contributed by atoms with van der Waals surface area (Å²) in [5.74, 6) is -0.768. The van der Waals surface area contributed by atoms with Gasteiger partial charge in [-0.25, -0.2) is 0 Å². The summed E-state index contributed by atoms with van der Waals surface area (Å²) in [5.41, 5.74) is -0.763. The van der Waals surface area contributed by atoms with Crippen LogP contribution in [-0.2, 0) is 9.53 Å². The molecule has 1 unspecified atom stereocenters. The van der Waals surface area contributed by atoms with Crippen LogP contribution in [0, 0.1) is 0 Å². The maximum Gasteiger partial charge on any atom is 0.323 e. The van der Waals surface area contributed by atoms with E-state index >= 15 is 0 Å². The van der Waals surface area contributed by atoms with Gasteiger partial charge in [0.1, 0.15) is 5.54 Å². The highest BCUT2D eigenvalue weighted by Crippen LogP contribution is 2.21. The fraction of sp³-hybridized carbons (Fsp3) is 0.929. The van der Waals surface area contributed by atoms with E-state index in [4.69, 9.17) is 4.74 Å². The third kappa shape index (κ3) is 4.44. The fourth-order valence-corrected chi connectivity index (χ4v) is 2.59. The lowest BCUT2D eigenvalue weighted by Gasteiger charge is -2.42. The fourth-order valence-electron chi connectivity index (χ4n) is 2.59. The lowest BCUT2D eigenvalue weighted by atomic mass is 9.94. The average Bonchev–Trinajstić information content (AvgIpc) is 2.31. The van der Waals surface area contributed by atoms with Crippen molar-refractivity contribution in [1.82, 2.24) is 10.2 Å².